The van der Waals surface area contributed by atoms with Gasteiger partial charge >= 0.3 is 5.97 Å². The van der Waals surface area contributed by atoms with Crippen LogP contribution in [-0.4, -0.2) is 18.2 Å². The molecule has 0 aliphatic carbocycles. The third-order valence-electron chi connectivity index (χ3n) is 4.06. The van der Waals surface area contributed by atoms with E-state index in [9.17, 15) is 9.90 Å². The van der Waals surface area contributed by atoms with E-state index in [1.54, 1.807) is 13.2 Å². The Morgan fingerprint density at radius 3 is 2.32 bits per heavy atom. The van der Waals surface area contributed by atoms with Gasteiger partial charge in [0.05, 0.1) is 18.5 Å². The summed E-state index contributed by atoms with van der Waals surface area (Å²) in [4.78, 5) is 11.3. The van der Waals surface area contributed by atoms with Crippen LogP contribution in [0.15, 0.2) is 84.9 Å². The van der Waals surface area contributed by atoms with E-state index in [-0.39, 0.29) is 0 Å². The molecule has 0 radical (unpaired) electrons. The van der Waals surface area contributed by atoms with Crippen LogP contribution in [0.1, 0.15) is 11.1 Å². The number of hydrogen-bond acceptors (Lipinski definition) is 4. The summed E-state index contributed by atoms with van der Waals surface area (Å²) in [5.74, 6) is 0.294. The summed E-state index contributed by atoms with van der Waals surface area (Å²) in [6.07, 6.45) is 1.13. The maximum absolute atomic E-state index is 11.3. The minimum Gasteiger partial charge on any atom is -0.495 e. The second-order valence-corrected chi connectivity index (χ2v) is 6.02. The Hall–Kier alpha value is -3.73. The fourth-order valence-electron chi connectivity index (χ4n) is 2.68. The van der Waals surface area contributed by atoms with Gasteiger partial charge in [-0.3, -0.25) is 0 Å². The fourth-order valence-corrected chi connectivity index (χ4v) is 2.68. The van der Waals surface area contributed by atoms with Crippen molar-refractivity contribution in [1.82, 2.24) is 0 Å². The van der Waals surface area contributed by atoms with Crippen molar-refractivity contribution in [3.8, 4) is 11.5 Å². The molecule has 0 atom stereocenters. The average molecular weight is 375 g/mol. The van der Waals surface area contributed by atoms with Gasteiger partial charge in [-0.2, -0.15) is 0 Å². The van der Waals surface area contributed by atoms with E-state index in [2.05, 4.69) is 5.32 Å². The van der Waals surface area contributed by atoms with Gasteiger partial charge in [-0.05, 0) is 47.5 Å². The molecule has 3 aromatic carbocycles. The van der Waals surface area contributed by atoms with Crippen LogP contribution < -0.4 is 14.8 Å². The number of para-hydroxylation sites is 2. The maximum atomic E-state index is 11.3. The number of methoxy groups -OCH3 is 1. The van der Waals surface area contributed by atoms with Crippen LogP contribution in [0.2, 0.25) is 0 Å². The Labute approximate surface area is 163 Å². The molecule has 0 bridgehead atoms. The molecule has 0 aliphatic heterocycles. The molecule has 0 aromatic heterocycles. The highest BCUT2D eigenvalue weighted by molar-refractivity contribution is 5.93. The van der Waals surface area contributed by atoms with Gasteiger partial charge in [0.25, 0.3) is 0 Å². The molecule has 3 aromatic rings. The molecule has 5 heteroatoms. The predicted molar refractivity (Wildman–Crippen MR) is 109 cm³/mol. The molecule has 0 amide bonds. The van der Waals surface area contributed by atoms with Crippen molar-refractivity contribution in [2.45, 2.75) is 6.61 Å². The Morgan fingerprint density at radius 2 is 1.64 bits per heavy atom. The summed E-state index contributed by atoms with van der Waals surface area (Å²) in [6, 6.07) is 24.5. The highest BCUT2D eigenvalue weighted by Crippen LogP contribution is 2.28. The number of rotatable bonds is 8. The summed E-state index contributed by atoms with van der Waals surface area (Å²) >= 11 is 0. The number of carboxylic acids is 1. The standard InChI is InChI=1S/C23H21NO4/c1-27-22-10-6-5-9-20(22)24-21(15-23(25)26)18-11-13-19(14-12-18)28-16-17-7-3-2-4-8-17/h2-15,24H,16H2,1H3,(H,25,26). The van der Waals surface area contributed by atoms with Crippen LogP contribution in [0, 0.1) is 0 Å². The molecule has 0 saturated carbocycles. The van der Waals surface area contributed by atoms with Gasteiger partial charge in [0, 0.05) is 6.08 Å². The topological polar surface area (TPSA) is 67.8 Å². The number of ether oxygens (including phenoxy) is 2. The Bertz CT molecular complexity index is 950. The molecule has 0 aliphatic rings. The monoisotopic (exact) mass is 375 g/mol. The van der Waals surface area contributed by atoms with Gasteiger partial charge < -0.3 is 19.9 Å². The number of carboxylic acid groups (broad SMARTS) is 1. The molecule has 0 saturated heterocycles. The molecule has 28 heavy (non-hydrogen) atoms. The maximum Gasteiger partial charge on any atom is 0.330 e. The van der Waals surface area contributed by atoms with Gasteiger partial charge in [-0.15, -0.1) is 0 Å². The van der Waals surface area contributed by atoms with Crippen LogP contribution in [0.25, 0.3) is 5.70 Å². The van der Waals surface area contributed by atoms with Crippen LogP contribution in [0.5, 0.6) is 11.5 Å². The van der Waals surface area contributed by atoms with Gasteiger partial charge in [0.15, 0.2) is 0 Å². The lowest BCUT2D eigenvalue weighted by molar-refractivity contribution is -0.131. The van der Waals surface area contributed by atoms with E-state index < -0.39 is 5.97 Å². The predicted octanol–water partition coefficient (Wildman–Crippen LogP) is 4.81. The highest BCUT2D eigenvalue weighted by atomic mass is 16.5. The Kier molecular flexibility index (Phi) is 6.31. The number of aliphatic carboxylic acids is 1. The number of anilines is 1. The lowest BCUT2D eigenvalue weighted by Crippen LogP contribution is -2.04. The van der Waals surface area contributed by atoms with E-state index in [0.717, 1.165) is 17.2 Å². The normalized spacial score (nSPS) is 11.0. The van der Waals surface area contributed by atoms with Gasteiger partial charge in [0.2, 0.25) is 0 Å². The molecule has 2 N–H and O–H groups in total. The minimum absolute atomic E-state index is 0.451. The lowest BCUT2D eigenvalue weighted by Gasteiger charge is -2.14. The number of benzene rings is 3. The van der Waals surface area contributed by atoms with Crippen molar-refractivity contribution in [1.29, 1.82) is 0 Å². The molecule has 0 unspecified atom stereocenters. The first-order valence-corrected chi connectivity index (χ1v) is 8.77. The van der Waals surface area contributed by atoms with E-state index >= 15 is 0 Å². The largest absolute Gasteiger partial charge is 0.495 e. The van der Waals surface area contributed by atoms with Gasteiger partial charge in [0.1, 0.15) is 18.1 Å². The zero-order valence-electron chi connectivity index (χ0n) is 15.5. The van der Waals surface area contributed by atoms with Crippen molar-refractivity contribution >= 4 is 17.4 Å². The van der Waals surface area contributed by atoms with E-state index in [1.165, 1.54) is 0 Å². The SMILES string of the molecule is COc1ccccc1NC(=CC(=O)O)c1ccc(OCc2ccccc2)cc1. The van der Waals surface area contributed by atoms with Crippen LogP contribution >= 0.6 is 0 Å². The molecule has 3 rings (SSSR count). The van der Waals surface area contributed by atoms with Gasteiger partial charge in [-0.25, -0.2) is 4.79 Å². The van der Waals surface area contributed by atoms with Crippen molar-refractivity contribution in [3.63, 3.8) is 0 Å². The summed E-state index contributed by atoms with van der Waals surface area (Å²) in [5.41, 5.74) is 2.93. The molecular weight excluding hydrogens is 354 g/mol. The van der Waals surface area contributed by atoms with E-state index in [1.807, 2.05) is 72.8 Å². The molecular formula is C23H21NO4. The first-order valence-electron chi connectivity index (χ1n) is 8.77. The van der Waals surface area contributed by atoms with Crippen LogP contribution in [0.3, 0.4) is 0 Å². The van der Waals surface area contributed by atoms with E-state index in [4.69, 9.17) is 9.47 Å². The van der Waals surface area contributed by atoms with Crippen molar-refractivity contribution < 1.29 is 19.4 Å². The van der Waals surface area contributed by atoms with Gasteiger partial charge in [-0.1, -0.05) is 42.5 Å². The number of hydrogen-bond donors (Lipinski definition) is 2. The van der Waals surface area contributed by atoms with Crippen LogP contribution in [0.4, 0.5) is 5.69 Å². The van der Waals surface area contributed by atoms with Crippen molar-refractivity contribution in [2.75, 3.05) is 12.4 Å². The Balaban J connectivity index is 1.76. The third-order valence-corrected chi connectivity index (χ3v) is 4.06. The summed E-state index contributed by atoms with van der Waals surface area (Å²) in [7, 11) is 1.57. The summed E-state index contributed by atoms with van der Waals surface area (Å²) in [6.45, 7) is 0.470. The molecule has 142 valence electrons. The highest BCUT2D eigenvalue weighted by Gasteiger charge is 2.09. The number of carbonyl (C=O) groups is 1. The minimum atomic E-state index is -1.04. The van der Waals surface area contributed by atoms with Crippen molar-refractivity contribution in [3.05, 3.63) is 96.1 Å². The quantitative estimate of drug-likeness (QED) is 0.553. The van der Waals surface area contributed by atoms with Crippen molar-refractivity contribution in [2.24, 2.45) is 0 Å². The molecule has 0 fully saturated rings. The van der Waals surface area contributed by atoms with Crippen LogP contribution in [-0.2, 0) is 11.4 Å². The summed E-state index contributed by atoms with van der Waals surface area (Å²) in [5, 5.41) is 12.4. The lowest BCUT2D eigenvalue weighted by atomic mass is 10.1. The third kappa shape index (κ3) is 5.14. The fraction of sp³-hybridized carbons (Fsp3) is 0.0870. The van der Waals surface area contributed by atoms with E-state index in [0.29, 0.717) is 29.5 Å². The average Bonchev–Trinajstić information content (AvgIpc) is 2.73. The molecule has 5 nitrogen and oxygen atoms in total. The Morgan fingerprint density at radius 1 is 0.964 bits per heavy atom. The zero-order chi connectivity index (χ0) is 19.8. The molecule has 0 spiro atoms. The summed E-state index contributed by atoms with van der Waals surface area (Å²) < 4.78 is 11.1. The first-order chi connectivity index (χ1) is 13.7. The first kappa shape index (κ1) is 19.0. The zero-order valence-corrected chi connectivity index (χ0v) is 15.5. The second kappa shape index (κ2) is 9.28. The molecule has 0 heterocycles. The smallest absolute Gasteiger partial charge is 0.330 e. The second-order valence-electron chi connectivity index (χ2n) is 6.02. The number of nitrogens with one attached hydrogen (secondary N) is 1.